The van der Waals surface area contributed by atoms with E-state index in [1.165, 1.54) is 0 Å². The lowest BCUT2D eigenvalue weighted by atomic mass is 10.0. The third-order valence-corrected chi connectivity index (χ3v) is 3.37. The predicted molar refractivity (Wildman–Crippen MR) is 85.9 cm³/mol. The molecule has 0 aliphatic rings. The van der Waals surface area contributed by atoms with Gasteiger partial charge in [-0.3, -0.25) is 4.98 Å². The van der Waals surface area contributed by atoms with Crippen molar-refractivity contribution in [3.63, 3.8) is 0 Å². The highest BCUT2D eigenvalue weighted by Crippen LogP contribution is 2.16. The van der Waals surface area contributed by atoms with Crippen LogP contribution in [0.5, 0.6) is 0 Å². The van der Waals surface area contributed by atoms with Crippen LogP contribution in [0.3, 0.4) is 0 Å². The van der Waals surface area contributed by atoms with Crippen molar-refractivity contribution in [2.45, 2.75) is 53.6 Å². The Morgan fingerprint density at radius 1 is 1.10 bits per heavy atom. The molecule has 0 spiro atoms. The van der Waals surface area contributed by atoms with Gasteiger partial charge in [0, 0.05) is 25.8 Å². The summed E-state index contributed by atoms with van der Waals surface area (Å²) < 4.78 is 0. The number of hydrogen-bond acceptors (Lipinski definition) is 4. The van der Waals surface area contributed by atoms with Crippen LogP contribution in [-0.2, 0) is 6.54 Å². The second-order valence-corrected chi connectivity index (χ2v) is 6.48. The summed E-state index contributed by atoms with van der Waals surface area (Å²) in [6.45, 7) is 12.9. The standard InChI is InChI=1S/C16H30N4/c1-12(2)7-14(5)20(6)16-11-18-10-15(19-16)9-17-8-13(3)4/h10-14,17H,7-9H2,1-6H3. The van der Waals surface area contributed by atoms with Gasteiger partial charge in [0.2, 0.25) is 0 Å². The molecule has 0 aliphatic heterocycles. The Morgan fingerprint density at radius 2 is 1.80 bits per heavy atom. The van der Waals surface area contributed by atoms with Crippen LogP contribution in [0.2, 0.25) is 0 Å². The van der Waals surface area contributed by atoms with Crippen LogP contribution in [0.25, 0.3) is 0 Å². The van der Waals surface area contributed by atoms with Gasteiger partial charge in [0.1, 0.15) is 5.82 Å². The first kappa shape index (κ1) is 16.9. The molecule has 0 fully saturated rings. The molecule has 1 N–H and O–H groups in total. The average Bonchev–Trinajstić information content (AvgIpc) is 2.37. The van der Waals surface area contributed by atoms with Gasteiger partial charge in [-0.1, -0.05) is 27.7 Å². The van der Waals surface area contributed by atoms with E-state index in [4.69, 9.17) is 4.98 Å². The van der Waals surface area contributed by atoms with E-state index >= 15 is 0 Å². The Hall–Kier alpha value is -1.16. The number of hydrogen-bond donors (Lipinski definition) is 1. The molecule has 0 aromatic carbocycles. The molecular formula is C16H30N4. The summed E-state index contributed by atoms with van der Waals surface area (Å²) in [6, 6.07) is 0.475. The van der Waals surface area contributed by atoms with Crippen LogP contribution in [0, 0.1) is 11.8 Å². The summed E-state index contributed by atoms with van der Waals surface area (Å²) >= 11 is 0. The van der Waals surface area contributed by atoms with Crippen molar-refractivity contribution in [1.29, 1.82) is 0 Å². The average molecular weight is 278 g/mol. The topological polar surface area (TPSA) is 41.1 Å². The summed E-state index contributed by atoms with van der Waals surface area (Å²) in [6.07, 6.45) is 4.86. The van der Waals surface area contributed by atoms with Crippen LogP contribution in [0.4, 0.5) is 5.82 Å². The van der Waals surface area contributed by atoms with E-state index < -0.39 is 0 Å². The van der Waals surface area contributed by atoms with Crippen LogP contribution in [-0.4, -0.2) is 29.6 Å². The number of anilines is 1. The van der Waals surface area contributed by atoms with Gasteiger partial charge in [0.05, 0.1) is 11.9 Å². The Balaban J connectivity index is 2.62. The van der Waals surface area contributed by atoms with Crippen molar-refractivity contribution < 1.29 is 0 Å². The van der Waals surface area contributed by atoms with Crippen molar-refractivity contribution >= 4 is 5.82 Å². The first-order valence-corrected chi connectivity index (χ1v) is 7.64. The largest absolute Gasteiger partial charge is 0.356 e. The highest BCUT2D eigenvalue weighted by Gasteiger charge is 2.13. The minimum Gasteiger partial charge on any atom is -0.356 e. The Bertz CT molecular complexity index is 390. The van der Waals surface area contributed by atoms with Gasteiger partial charge in [-0.25, -0.2) is 4.98 Å². The maximum absolute atomic E-state index is 4.70. The highest BCUT2D eigenvalue weighted by molar-refractivity contribution is 5.36. The van der Waals surface area contributed by atoms with E-state index in [9.17, 15) is 0 Å². The summed E-state index contributed by atoms with van der Waals surface area (Å²) in [7, 11) is 2.10. The number of rotatable bonds is 8. The summed E-state index contributed by atoms with van der Waals surface area (Å²) in [4.78, 5) is 11.2. The molecule has 0 bridgehead atoms. The molecule has 0 saturated carbocycles. The van der Waals surface area contributed by atoms with Gasteiger partial charge in [0.25, 0.3) is 0 Å². The highest BCUT2D eigenvalue weighted by atomic mass is 15.2. The minimum atomic E-state index is 0.475. The number of nitrogens with one attached hydrogen (secondary N) is 1. The molecule has 1 aromatic heterocycles. The molecule has 1 aromatic rings. The molecule has 0 radical (unpaired) electrons. The third-order valence-electron chi connectivity index (χ3n) is 3.37. The maximum Gasteiger partial charge on any atom is 0.147 e. The molecule has 4 heteroatoms. The lowest BCUT2D eigenvalue weighted by Gasteiger charge is -2.27. The quantitative estimate of drug-likeness (QED) is 0.793. The maximum atomic E-state index is 4.70. The third kappa shape index (κ3) is 5.87. The Kier molecular flexibility index (Phi) is 6.93. The second kappa shape index (κ2) is 8.20. The molecule has 1 unspecified atom stereocenters. The summed E-state index contributed by atoms with van der Waals surface area (Å²) in [5.41, 5.74) is 1.01. The van der Waals surface area contributed by atoms with Crippen molar-refractivity contribution in [3.8, 4) is 0 Å². The molecule has 114 valence electrons. The first-order valence-electron chi connectivity index (χ1n) is 7.64. The van der Waals surface area contributed by atoms with E-state index in [1.54, 1.807) is 0 Å². The zero-order valence-corrected chi connectivity index (χ0v) is 13.8. The smallest absolute Gasteiger partial charge is 0.147 e. The monoisotopic (exact) mass is 278 g/mol. The summed E-state index contributed by atoms with van der Waals surface area (Å²) in [5, 5.41) is 3.41. The van der Waals surface area contributed by atoms with E-state index in [2.05, 4.69) is 56.9 Å². The van der Waals surface area contributed by atoms with Crippen LogP contribution < -0.4 is 10.2 Å². The van der Waals surface area contributed by atoms with Gasteiger partial charge >= 0.3 is 0 Å². The molecule has 0 amide bonds. The zero-order chi connectivity index (χ0) is 15.1. The molecule has 4 nitrogen and oxygen atoms in total. The van der Waals surface area contributed by atoms with Crippen LogP contribution >= 0.6 is 0 Å². The van der Waals surface area contributed by atoms with Gasteiger partial charge in [-0.05, 0) is 31.7 Å². The fourth-order valence-corrected chi connectivity index (χ4v) is 2.21. The Morgan fingerprint density at radius 3 is 2.40 bits per heavy atom. The molecular weight excluding hydrogens is 248 g/mol. The molecule has 1 heterocycles. The molecule has 1 rings (SSSR count). The van der Waals surface area contributed by atoms with Crippen LogP contribution in [0.1, 0.15) is 46.7 Å². The lowest BCUT2D eigenvalue weighted by molar-refractivity contribution is 0.501. The molecule has 1 atom stereocenters. The second-order valence-electron chi connectivity index (χ2n) is 6.48. The normalized spacial score (nSPS) is 13.0. The molecule has 0 saturated heterocycles. The van der Waals surface area contributed by atoms with Gasteiger partial charge in [-0.15, -0.1) is 0 Å². The van der Waals surface area contributed by atoms with E-state index in [0.717, 1.165) is 31.0 Å². The molecule has 20 heavy (non-hydrogen) atoms. The first-order chi connectivity index (χ1) is 9.40. The SMILES string of the molecule is CC(C)CNCc1cncc(N(C)C(C)CC(C)C)n1. The van der Waals surface area contributed by atoms with Crippen molar-refractivity contribution in [1.82, 2.24) is 15.3 Å². The zero-order valence-electron chi connectivity index (χ0n) is 13.8. The summed E-state index contributed by atoms with van der Waals surface area (Å²) in [5.74, 6) is 2.30. The lowest BCUT2D eigenvalue weighted by Crippen LogP contribution is -2.31. The van der Waals surface area contributed by atoms with Crippen molar-refractivity contribution in [2.75, 3.05) is 18.5 Å². The van der Waals surface area contributed by atoms with E-state index in [1.807, 2.05) is 12.4 Å². The van der Waals surface area contributed by atoms with E-state index in [-0.39, 0.29) is 0 Å². The number of aromatic nitrogens is 2. The predicted octanol–water partition coefficient (Wildman–Crippen LogP) is 3.09. The van der Waals surface area contributed by atoms with E-state index in [0.29, 0.717) is 17.9 Å². The fourth-order valence-electron chi connectivity index (χ4n) is 2.21. The van der Waals surface area contributed by atoms with Crippen LogP contribution in [0.15, 0.2) is 12.4 Å². The van der Waals surface area contributed by atoms with Crippen molar-refractivity contribution in [3.05, 3.63) is 18.1 Å². The van der Waals surface area contributed by atoms with Gasteiger partial charge in [-0.2, -0.15) is 0 Å². The fraction of sp³-hybridized carbons (Fsp3) is 0.750. The van der Waals surface area contributed by atoms with Gasteiger partial charge < -0.3 is 10.2 Å². The minimum absolute atomic E-state index is 0.475. The number of nitrogens with zero attached hydrogens (tertiary/aromatic N) is 3. The Labute approximate surface area is 124 Å². The van der Waals surface area contributed by atoms with Gasteiger partial charge in [0.15, 0.2) is 0 Å². The molecule has 0 aliphatic carbocycles. The van der Waals surface area contributed by atoms with Crippen molar-refractivity contribution in [2.24, 2.45) is 11.8 Å².